The van der Waals surface area contributed by atoms with E-state index in [2.05, 4.69) is 4.18 Å². The van der Waals surface area contributed by atoms with Gasteiger partial charge >= 0.3 is 15.6 Å². The van der Waals surface area contributed by atoms with Gasteiger partial charge in [-0.15, -0.1) is 0 Å². The first-order chi connectivity index (χ1) is 8.99. The van der Waals surface area contributed by atoms with Crippen LogP contribution in [0.3, 0.4) is 0 Å². The second-order valence-electron chi connectivity index (χ2n) is 4.50. The molecule has 8 heteroatoms. The molecule has 0 aliphatic rings. The summed E-state index contributed by atoms with van der Waals surface area (Å²) in [6.45, 7) is 5.41. The van der Waals surface area contributed by atoms with Crippen molar-refractivity contribution >= 4 is 10.1 Å². The molecule has 0 fully saturated rings. The minimum Gasteiger partial charge on any atom is -0.493 e. The zero-order valence-electron chi connectivity index (χ0n) is 11.4. The van der Waals surface area contributed by atoms with Crippen molar-refractivity contribution in [3.8, 4) is 11.5 Å². The van der Waals surface area contributed by atoms with Crippen molar-refractivity contribution in [2.24, 2.45) is 0 Å². The Morgan fingerprint density at radius 1 is 1.15 bits per heavy atom. The molecule has 0 aliphatic heterocycles. The van der Waals surface area contributed by atoms with Gasteiger partial charge in [-0.3, -0.25) is 0 Å². The molecule has 0 atom stereocenters. The highest BCUT2D eigenvalue weighted by atomic mass is 32.2. The van der Waals surface area contributed by atoms with Crippen LogP contribution in [0.4, 0.5) is 13.2 Å². The third-order valence-corrected chi connectivity index (χ3v) is 3.62. The van der Waals surface area contributed by atoms with E-state index in [4.69, 9.17) is 4.74 Å². The zero-order chi connectivity index (χ0) is 15.7. The second-order valence-corrected chi connectivity index (χ2v) is 6.04. The molecular weight excluding hydrogens is 297 g/mol. The summed E-state index contributed by atoms with van der Waals surface area (Å²) in [6.07, 6.45) is 0. The van der Waals surface area contributed by atoms with E-state index < -0.39 is 21.4 Å². The van der Waals surface area contributed by atoms with E-state index in [1.807, 2.05) is 13.8 Å². The van der Waals surface area contributed by atoms with Crippen LogP contribution in [0.25, 0.3) is 0 Å². The smallest absolute Gasteiger partial charge is 0.493 e. The number of halogens is 3. The molecule has 4 nitrogen and oxygen atoms in total. The lowest BCUT2D eigenvalue weighted by Crippen LogP contribution is -2.28. The first-order valence-electron chi connectivity index (χ1n) is 5.69. The Morgan fingerprint density at radius 2 is 1.70 bits per heavy atom. The topological polar surface area (TPSA) is 52.6 Å². The van der Waals surface area contributed by atoms with E-state index >= 15 is 0 Å². The van der Waals surface area contributed by atoms with E-state index in [0.717, 1.165) is 5.56 Å². The third-order valence-electron chi connectivity index (χ3n) is 2.66. The lowest BCUT2D eigenvalue weighted by atomic mass is 9.97. The predicted octanol–water partition coefficient (Wildman–Crippen LogP) is 3.36. The summed E-state index contributed by atoms with van der Waals surface area (Å²) in [7, 11) is -4.50. The normalized spacial score (nSPS) is 12.6. The number of rotatable bonds is 4. The highest BCUT2D eigenvalue weighted by Crippen LogP contribution is 2.36. The number of methoxy groups -OCH3 is 1. The first-order valence-corrected chi connectivity index (χ1v) is 7.09. The molecule has 0 spiro atoms. The summed E-state index contributed by atoms with van der Waals surface area (Å²) < 4.78 is 68.1. The summed E-state index contributed by atoms with van der Waals surface area (Å²) in [4.78, 5) is 0. The zero-order valence-corrected chi connectivity index (χ0v) is 12.2. The Bertz CT molecular complexity index is 591. The van der Waals surface area contributed by atoms with Gasteiger partial charge in [0.05, 0.1) is 7.11 Å². The van der Waals surface area contributed by atoms with Crippen LogP contribution >= 0.6 is 0 Å². The number of benzene rings is 1. The van der Waals surface area contributed by atoms with Gasteiger partial charge < -0.3 is 8.92 Å². The molecule has 0 bridgehead atoms. The van der Waals surface area contributed by atoms with E-state index in [-0.39, 0.29) is 11.7 Å². The summed E-state index contributed by atoms with van der Waals surface area (Å²) in [5.41, 5.74) is -4.03. The quantitative estimate of drug-likeness (QED) is 0.632. The van der Waals surface area contributed by atoms with Gasteiger partial charge in [-0.25, -0.2) is 0 Å². The van der Waals surface area contributed by atoms with Gasteiger partial charge in [0.2, 0.25) is 0 Å². The number of hydrogen-bond donors (Lipinski definition) is 0. The van der Waals surface area contributed by atoms with Crippen molar-refractivity contribution in [3.63, 3.8) is 0 Å². The van der Waals surface area contributed by atoms with E-state index in [1.165, 1.54) is 19.2 Å². The summed E-state index contributed by atoms with van der Waals surface area (Å²) in [5.74, 6) is -0.546. The molecule has 0 aromatic heterocycles. The van der Waals surface area contributed by atoms with Crippen LogP contribution in [0.15, 0.2) is 12.1 Å². The maximum Gasteiger partial charge on any atom is 0.534 e. The average molecular weight is 312 g/mol. The molecule has 0 unspecified atom stereocenters. The van der Waals surface area contributed by atoms with E-state index in [9.17, 15) is 21.6 Å². The SMILES string of the molecule is COc1cc(C)c(C(C)C)cc1OS(=O)(=O)C(F)(F)F. The van der Waals surface area contributed by atoms with Gasteiger partial charge in [-0.05, 0) is 36.1 Å². The highest BCUT2D eigenvalue weighted by Gasteiger charge is 2.49. The van der Waals surface area contributed by atoms with E-state index in [1.54, 1.807) is 6.92 Å². The number of alkyl halides is 3. The van der Waals surface area contributed by atoms with Gasteiger partial charge in [-0.2, -0.15) is 21.6 Å². The molecule has 0 N–H and O–H groups in total. The van der Waals surface area contributed by atoms with Crippen molar-refractivity contribution in [2.75, 3.05) is 7.11 Å². The Balaban J connectivity index is 3.34. The van der Waals surface area contributed by atoms with Crippen LogP contribution in [0, 0.1) is 6.92 Å². The van der Waals surface area contributed by atoms with Crippen molar-refractivity contribution in [1.29, 1.82) is 0 Å². The number of ether oxygens (including phenoxy) is 1. The van der Waals surface area contributed by atoms with Crippen LogP contribution in [-0.4, -0.2) is 21.0 Å². The fourth-order valence-electron chi connectivity index (χ4n) is 1.69. The van der Waals surface area contributed by atoms with Gasteiger partial charge in [0.1, 0.15) is 0 Å². The van der Waals surface area contributed by atoms with Gasteiger partial charge in [-0.1, -0.05) is 13.8 Å². The lowest BCUT2D eigenvalue weighted by molar-refractivity contribution is -0.0500. The predicted molar refractivity (Wildman–Crippen MR) is 67.4 cm³/mol. The molecule has 0 saturated heterocycles. The fraction of sp³-hybridized carbons (Fsp3) is 0.500. The molecular formula is C12H15F3O4S. The number of hydrogen-bond acceptors (Lipinski definition) is 4. The Labute approximate surface area is 115 Å². The molecule has 1 aromatic carbocycles. The Hall–Kier alpha value is -1.44. The Kier molecular flexibility index (Phi) is 4.58. The van der Waals surface area contributed by atoms with Crippen molar-refractivity contribution in [3.05, 3.63) is 23.3 Å². The van der Waals surface area contributed by atoms with Crippen molar-refractivity contribution < 1.29 is 30.5 Å². The molecule has 1 aromatic rings. The summed E-state index contributed by atoms with van der Waals surface area (Å²) >= 11 is 0. The molecule has 0 saturated carbocycles. The molecule has 0 aliphatic carbocycles. The van der Waals surface area contributed by atoms with Crippen LogP contribution in [0.1, 0.15) is 30.9 Å². The van der Waals surface area contributed by atoms with E-state index in [0.29, 0.717) is 5.56 Å². The average Bonchev–Trinajstić information content (AvgIpc) is 2.28. The maximum atomic E-state index is 12.3. The standard InChI is InChI=1S/C12H15F3O4S/c1-7(2)9-6-11(10(18-4)5-8(9)3)19-20(16,17)12(13,14)15/h5-7H,1-4H3. The number of aryl methyl sites for hydroxylation is 1. The van der Waals surface area contributed by atoms with Crippen LogP contribution < -0.4 is 8.92 Å². The molecule has 114 valence electrons. The van der Waals surface area contributed by atoms with Crippen LogP contribution in [-0.2, 0) is 10.1 Å². The summed E-state index contributed by atoms with van der Waals surface area (Å²) in [5, 5.41) is 0. The summed E-state index contributed by atoms with van der Waals surface area (Å²) in [6, 6.07) is 2.69. The van der Waals surface area contributed by atoms with Gasteiger partial charge in [0.25, 0.3) is 0 Å². The molecule has 20 heavy (non-hydrogen) atoms. The van der Waals surface area contributed by atoms with Crippen LogP contribution in [0.5, 0.6) is 11.5 Å². The minimum absolute atomic E-state index is 0.00292. The van der Waals surface area contributed by atoms with Crippen molar-refractivity contribution in [2.45, 2.75) is 32.2 Å². The Morgan fingerprint density at radius 3 is 2.10 bits per heavy atom. The highest BCUT2D eigenvalue weighted by molar-refractivity contribution is 7.88. The van der Waals surface area contributed by atoms with Crippen molar-refractivity contribution in [1.82, 2.24) is 0 Å². The monoisotopic (exact) mass is 312 g/mol. The second kappa shape index (κ2) is 5.51. The lowest BCUT2D eigenvalue weighted by Gasteiger charge is -2.16. The van der Waals surface area contributed by atoms with Gasteiger partial charge in [0.15, 0.2) is 11.5 Å². The molecule has 0 radical (unpaired) electrons. The molecule has 0 amide bonds. The maximum absolute atomic E-state index is 12.3. The largest absolute Gasteiger partial charge is 0.534 e. The third kappa shape index (κ3) is 3.36. The first kappa shape index (κ1) is 16.6. The molecule has 1 rings (SSSR count). The molecule has 0 heterocycles. The fourth-order valence-corrected chi connectivity index (χ4v) is 2.15. The minimum atomic E-state index is -5.72. The van der Waals surface area contributed by atoms with Gasteiger partial charge in [0, 0.05) is 0 Å². The van der Waals surface area contributed by atoms with Crippen LogP contribution in [0.2, 0.25) is 0 Å².